The summed E-state index contributed by atoms with van der Waals surface area (Å²) in [6.07, 6.45) is 0.359. The van der Waals surface area contributed by atoms with E-state index in [1.807, 2.05) is 80.6 Å². The largest absolute Gasteiger partial charge is 0.507 e. The average molecular weight is 316 g/mol. The number of hydrogen-bond acceptors (Lipinski definition) is 2. The first-order chi connectivity index (χ1) is 11.6. The molecule has 0 fully saturated rings. The minimum absolute atomic E-state index is 0.0472. The van der Waals surface area contributed by atoms with E-state index in [1.165, 1.54) is 0 Å². The van der Waals surface area contributed by atoms with Gasteiger partial charge in [-0.15, -0.1) is 0 Å². The quantitative estimate of drug-likeness (QED) is 0.634. The molecule has 2 heteroatoms. The number of hydrogen-bond donors (Lipinski definition) is 1. The maximum atomic E-state index is 12.5. The molecule has 24 heavy (non-hydrogen) atoms. The first-order valence-corrected chi connectivity index (χ1v) is 8.14. The molecule has 3 rings (SSSR count). The Kier molecular flexibility index (Phi) is 4.48. The third-order valence-corrected chi connectivity index (χ3v) is 4.32. The van der Waals surface area contributed by atoms with Crippen LogP contribution in [-0.2, 0) is 0 Å². The summed E-state index contributed by atoms with van der Waals surface area (Å²) < 4.78 is 0. The summed E-state index contributed by atoms with van der Waals surface area (Å²) in [7, 11) is 0. The molecule has 1 N–H and O–H groups in total. The van der Waals surface area contributed by atoms with Crippen molar-refractivity contribution in [1.82, 2.24) is 0 Å². The molecule has 0 aliphatic rings. The zero-order chi connectivity index (χ0) is 17.1. The van der Waals surface area contributed by atoms with Crippen LogP contribution in [0.5, 0.6) is 5.75 Å². The van der Waals surface area contributed by atoms with Gasteiger partial charge in [-0.05, 0) is 40.8 Å². The lowest BCUT2D eigenvalue weighted by Crippen LogP contribution is -2.03. The van der Waals surface area contributed by atoms with Crippen molar-refractivity contribution >= 4 is 5.78 Å². The number of aromatic hydroxyl groups is 1. The molecule has 0 amide bonds. The highest BCUT2D eigenvalue weighted by Gasteiger charge is 2.21. The second-order valence-corrected chi connectivity index (χ2v) is 5.83. The van der Waals surface area contributed by atoms with Gasteiger partial charge in [0.1, 0.15) is 5.75 Å². The predicted molar refractivity (Wildman–Crippen MR) is 98.3 cm³/mol. The first kappa shape index (κ1) is 16.0. The van der Waals surface area contributed by atoms with Gasteiger partial charge in [0.05, 0.1) is 5.56 Å². The number of phenols is 1. The Hall–Kier alpha value is -2.87. The summed E-state index contributed by atoms with van der Waals surface area (Å²) in [5.41, 5.74) is 4.84. The fourth-order valence-corrected chi connectivity index (χ4v) is 2.99. The van der Waals surface area contributed by atoms with Crippen molar-refractivity contribution in [2.24, 2.45) is 0 Å². The van der Waals surface area contributed by atoms with Gasteiger partial charge in [-0.3, -0.25) is 4.79 Å². The lowest BCUT2D eigenvalue weighted by atomic mass is 9.88. The Labute approximate surface area is 142 Å². The topological polar surface area (TPSA) is 37.3 Å². The summed E-state index contributed by atoms with van der Waals surface area (Å²) >= 11 is 0. The van der Waals surface area contributed by atoms with E-state index in [1.54, 1.807) is 0 Å². The van der Waals surface area contributed by atoms with Crippen molar-refractivity contribution in [3.63, 3.8) is 0 Å². The normalized spacial score (nSPS) is 10.6. The standard InChI is InChI=1S/C22H20O2/c1-3-20(23)21-19(17-12-8-5-9-13-17)14-18(15(2)22(21)24)16-10-6-4-7-11-16/h4-14,24H,3H2,1-2H3. The molecule has 0 saturated carbocycles. The molecule has 0 spiro atoms. The second kappa shape index (κ2) is 6.71. The number of Topliss-reactive ketones (excluding diaryl/α,β-unsaturated/α-hetero) is 1. The van der Waals surface area contributed by atoms with E-state index in [0.29, 0.717) is 12.0 Å². The second-order valence-electron chi connectivity index (χ2n) is 5.83. The maximum absolute atomic E-state index is 12.5. The molecule has 0 bridgehead atoms. The van der Waals surface area contributed by atoms with Gasteiger partial charge in [-0.1, -0.05) is 67.6 Å². The number of rotatable bonds is 4. The summed E-state index contributed by atoms with van der Waals surface area (Å²) in [6.45, 7) is 3.68. The van der Waals surface area contributed by atoms with E-state index < -0.39 is 0 Å². The molecule has 0 aliphatic carbocycles. The molecule has 0 aliphatic heterocycles. The van der Waals surface area contributed by atoms with Crippen LogP contribution >= 0.6 is 0 Å². The van der Waals surface area contributed by atoms with Gasteiger partial charge in [0.2, 0.25) is 0 Å². The van der Waals surface area contributed by atoms with E-state index in [9.17, 15) is 9.90 Å². The van der Waals surface area contributed by atoms with Crippen LogP contribution in [0.1, 0.15) is 29.3 Å². The molecule has 120 valence electrons. The number of benzene rings is 3. The van der Waals surface area contributed by atoms with Crippen LogP contribution in [0.4, 0.5) is 0 Å². The van der Waals surface area contributed by atoms with E-state index in [4.69, 9.17) is 0 Å². The Morgan fingerprint density at radius 2 is 1.38 bits per heavy atom. The SMILES string of the molecule is CCC(=O)c1c(-c2ccccc2)cc(-c2ccccc2)c(C)c1O. The molecule has 3 aromatic rings. The monoisotopic (exact) mass is 316 g/mol. The Balaban J connectivity index is 2.33. The van der Waals surface area contributed by atoms with Crippen LogP contribution in [-0.4, -0.2) is 10.9 Å². The predicted octanol–water partition coefficient (Wildman–Crippen LogP) is 5.63. The molecule has 0 aromatic heterocycles. The van der Waals surface area contributed by atoms with Crippen LogP contribution in [0.2, 0.25) is 0 Å². The summed E-state index contributed by atoms with van der Waals surface area (Å²) in [4.78, 5) is 12.5. The highest BCUT2D eigenvalue weighted by atomic mass is 16.3. The van der Waals surface area contributed by atoms with Gasteiger partial charge in [0.15, 0.2) is 5.78 Å². The van der Waals surface area contributed by atoms with Gasteiger partial charge in [0.25, 0.3) is 0 Å². The fraction of sp³-hybridized carbons (Fsp3) is 0.136. The van der Waals surface area contributed by atoms with Crippen LogP contribution in [0.3, 0.4) is 0 Å². The van der Waals surface area contributed by atoms with E-state index in [2.05, 4.69) is 0 Å². The lowest BCUT2D eigenvalue weighted by molar-refractivity contribution is 0.0986. The Bertz CT molecular complexity index is 865. The van der Waals surface area contributed by atoms with Gasteiger partial charge in [-0.25, -0.2) is 0 Å². The van der Waals surface area contributed by atoms with Crippen molar-refractivity contribution < 1.29 is 9.90 Å². The van der Waals surface area contributed by atoms with Crippen molar-refractivity contribution in [1.29, 1.82) is 0 Å². The average Bonchev–Trinajstić information content (AvgIpc) is 2.64. The van der Waals surface area contributed by atoms with Crippen LogP contribution < -0.4 is 0 Å². The van der Waals surface area contributed by atoms with Crippen LogP contribution in [0.15, 0.2) is 66.7 Å². The summed E-state index contributed by atoms with van der Waals surface area (Å²) in [5, 5.41) is 10.8. The zero-order valence-electron chi connectivity index (χ0n) is 13.9. The van der Waals surface area contributed by atoms with Crippen molar-refractivity contribution in [3.05, 3.63) is 77.9 Å². The number of carbonyl (C=O) groups excluding carboxylic acids is 1. The first-order valence-electron chi connectivity index (χ1n) is 8.14. The lowest BCUT2D eigenvalue weighted by Gasteiger charge is -2.17. The van der Waals surface area contributed by atoms with Gasteiger partial charge < -0.3 is 5.11 Å². The van der Waals surface area contributed by atoms with Gasteiger partial charge in [-0.2, -0.15) is 0 Å². The molecule has 0 heterocycles. The minimum Gasteiger partial charge on any atom is -0.507 e. The highest BCUT2D eigenvalue weighted by Crippen LogP contribution is 2.39. The summed E-state index contributed by atoms with van der Waals surface area (Å²) in [5.74, 6) is 0.0381. The third-order valence-electron chi connectivity index (χ3n) is 4.32. The highest BCUT2D eigenvalue weighted by molar-refractivity contribution is 6.06. The molecule has 2 nitrogen and oxygen atoms in total. The van der Waals surface area contributed by atoms with Gasteiger partial charge in [0, 0.05) is 6.42 Å². The van der Waals surface area contributed by atoms with Gasteiger partial charge >= 0.3 is 0 Å². The molecule has 0 saturated heterocycles. The third kappa shape index (κ3) is 2.83. The molecular weight excluding hydrogens is 296 g/mol. The number of ketones is 1. The van der Waals surface area contributed by atoms with E-state index in [-0.39, 0.29) is 11.5 Å². The molecular formula is C22H20O2. The van der Waals surface area contributed by atoms with E-state index in [0.717, 1.165) is 27.8 Å². The smallest absolute Gasteiger partial charge is 0.166 e. The van der Waals surface area contributed by atoms with Crippen molar-refractivity contribution in [2.45, 2.75) is 20.3 Å². The molecule has 3 aromatic carbocycles. The molecule has 0 radical (unpaired) electrons. The minimum atomic E-state index is -0.0472. The Morgan fingerprint density at radius 1 is 0.875 bits per heavy atom. The number of carbonyl (C=O) groups is 1. The molecule has 0 atom stereocenters. The molecule has 0 unspecified atom stereocenters. The van der Waals surface area contributed by atoms with Crippen LogP contribution in [0, 0.1) is 6.92 Å². The Morgan fingerprint density at radius 3 is 1.88 bits per heavy atom. The summed E-state index contributed by atoms with van der Waals surface area (Å²) in [6, 6.07) is 21.7. The van der Waals surface area contributed by atoms with Crippen molar-refractivity contribution in [3.8, 4) is 28.0 Å². The zero-order valence-corrected chi connectivity index (χ0v) is 13.9. The maximum Gasteiger partial charge on any atom is 0.166 e. The number of phenolic OH excluding ortho intramolecular Hbond substituents is 1. The van der Waals surface area contributed by atoms with E-state index >= 15 is 0 Å². The van der Waals surface area contributed by atoms with Crippen molar-refractivity contribution in [2.75, 3.05) is 0 Å². The van der Waals surface area contributed by atoms with Crippen LogP contribution in [0.25, 0.3) is 22.3 Å². The fourth-order valence-electron chi connectivity index (χ4n) is 2.99.